The van der Waals surface area contributed by atoms with Crippen molar-refractivity contribution in [2.24, 2.45) is 12.0 Å². The largest absolute Gasteiger partial charge is 0.477 e. The van der Waals surface area contributed by atoms with Gasteiger partial charge in [-0.05, 0) is 26.7 Å². The first kappa shape index (κ1) is 24.6. The van der Waals surface area contributed by atoms with Gasteiger partial charge in [-0.25, -0.2) is 23.1 Å². The van der Waals surface area contributed by atoms with Gasteiger partial charge in [0.05, 0.1) is 12.4 Å². The molecule has 0 unspecified atom stereocenters. The second kappa shape index (κ2) is 10.8. The molecule has 1 aliphatic heterocycles. The number of rotatable bonds is 10. The number of ether oxygens (including phenoxy) is 1. The van der Waals surface area contributed by atoms with Crippen LogP contribution < -0.4 is 20.1 Å². The van der Waals surface area contributed by atoms with Crippen molar-refractivity contribution in [1.29, 1.82) is 0 Å². The number of thiazole rings is 2. The summed E-state index contributed by atoms with van der Waals surface area (Å²) in [6, 6.07) is 1.69. The van der Waals surface area contributed by atoms with Gasteiger partial charge in [-0.2, -0.15) is 0 Å². The highest BCUT2D eigenvalue weighted by Gasteiger charge is 2.16. The Morgan fingerprint density at radius 3 is 2.79 bits per heavy atom. The molecule has 0 fully saturated rings. The predicted molar refractivity (Wildman–Crippen MR) is 136 cm³/mol. The molecule has 0 spiro atoms. The number of nitrogens with zero attached hydrogens (tertiary/aromatic N) is 5. The third-order valence-electron chi connectivity index (χ3n) is 4.69. The fourth-order valence-corrected chi connectivity index (χ4v) is 6.13. The highest BCUT2D eigenvalue weighted by atomic mass is 32.2. The zero-order chi connectivity index (χ0) is 24.1. The van der Waals surface area contributed by atoms with Crippen LogP contribution >= 0.6 is 22.7 Å². The molecule has 0 bridgehead atoms. The number of guanidine groups is 1. The van der Waals surface area contributed by atoms with Crippen molar-refractivity contribution in [2.45, 2.75) is 32.7 Å². The minimum Gasteiger partial charge on any atom is -0.477 e. The summed E-state index contributed by atoms with van der Waals surface area (Å²) in [5.74, 6) is 1.20. The van der Waals surface area contributed by atoms with Gasteiger partial charge in [-0.1, -0.05) is 0 Å². The molecule has 3 aromatic rings. The third kappa shape index (κ3) is 6.52. The molecule has 34 heavy (non-hydrogen) atoms. The number of aromatic nitrogens is 4. The molecule has 3 aromatic heterocycles. The Hall–Kier alpha value is -2.55. The Bertz CT molecular complexity index is 1250. The number of sulfonamides is 1. The zero-order valence-corrected chi connectivity index (χ0v) is 21.7. The predicted octanol–water partition coefficient (Wildman–Crippen LogP) is 2.53. The molecule has 0 radical (unpaired) electrons. The Balaban J connectivity index is 1.35. The van der Waals surface area contributed by atoms with Crippen molar-refractivity contribution in [3.63, 3.8) is 0 Å². The molecule has 1 aliphatic rings. The lowest BCUT2D eigenvalue weighted by Gasteiger charge is -2.13. The molecule has 0 amide bonds. The number of hydrogen-bond donors (Lipinski definition) is 3. The minimum atomic E-state index is -3.30. The molecule has 0 atom stereocenters. The van der Waals surface area contributed by atoms with E-state index in [9.17, 15) is 8.42 Å². The Kier molecular flexibility index (Phi) is 7.80. The summed E-state index contributed by atoms with van der Waals surface area (Å²) in [5.41, 5.74) is 2.39. The molecule has 4 heterocycles. The van der Waals surface area contributed by atoms with Gasteiger partial charge in [0, 0.05) is 43.0 Å². The van der Waals surface area contributed by atoms with Gasteiger partial charge in [0.1, 0.15) is 22.1 Å². The molecule has 0 saturated carbocycles. The molecule has 184 valence electrons. The number of nitrogens with one attached hydrogen (secondary N) is 3. The average Bonchev–Trinajstić information content (AvgIpc) is 3.51. The summed E-state index contributed by atoms with van der Waals surface area (Å²) in [5, 5.41) is 16.3. The van der Waals surface area contributed by atoms with Crippen LogP contribution in [-0.4, -0.2) is 65.6 Å². The third-order valence-corrected chi connectivity index (χ3v) is 7.97. The van der Waals surface area contributed by atoms with E-state index in [0.717, 1.165) is 52.7 Å². The van der Waals surface area contributed by atoms with Gasteiger partial charge < -0.3 is 15.4 Å². The van der Waals surface area contributed by atoms with Crippen LogP contribution in [0.2, 0.25) is 0 Å². The number of anilines is 1. The monoisotopic (exact) mass is 524 g/mol. The summed E-state index contributed by atoms with van der Waals surface area (Å²) in [7, 11) is -1.47. The summed E-state index contributed by atoms with van der Waals surface area (Å²) in [4.78, 5) is 13.8. The van der Waals surface area contributed by atoms with Crippen LogP contribution in [0.25, 0.3) is 22.1 Å². The lowest BCUT2D eigenvalue weighted by atomic mass is 10.4. The van der Waals surface area contributed by atoms with Crippen LogP contribution in [0.1, 0.15) is 26.7 Å². The van der Waals surface area contributed by atoms with Crippen LogP contribution in [0.4, 0.5) is 5.13 Å². The van der Waals surface area contributed by atoms with Crippen LogP contribution in [0, 0.1) is 0 Å². The summed E-state index contributed by atoms with van der Waals surface area (Å²) >= 11 is 3.00. The fourth-order valence-electron chi connectivity index (χ4n) is 3.23. The molecule has 0 aliphatic carbocycles. The van der Waals surface area contributed by atoms with E-state index in [2.05, 4.69) is 30.4 Å². The van der Waals surface area contributed by atoms with Gasteiger partial charge in [0.25, 0.3) is 0 Å². The Labute approximate surface area is 206 Å². The molecular weight excluding hydrogens is 496 g/mol. The topological polar surface area (TPSA) is 135 Å². The number of hydrogen-bond acceptors (Lipinski definition) is 11. The maximum absolute atomic E-state index is 11.9. The van der Waals surface area contributed by atoms with E-state index in [0.29, 0.717) is 12.3 Å². The van der Waals surface area contributed by atoms with E-state index in [-0.39, 0.29) is 18.4 Å². The summed E-state index contributed by atoms with van der Waals surface area (Å²) in [6.45, 7) is 5.57. The quantitative estimate of drug-likeness (QED) is 0.344. The van der Waals surface area contributed by atoms with Crippen LogP contribution in [0.5, 0.6) is 5.88 Å². The summed E-state index contributed by atoms with van der Waals surface area (Å²) in [6.07, 6.45) is 1.41. The highest BCUT2D eigenvalue weighted by molar-refractivity contribution is 7.89. The smallest absolute Gasteiger partial charge is 0.233 e. The average molecular weight is 525 g/mol. The molecule has 11 nitrogen and oxygen atoms in total. The zero-order valence-electron chi connectivity index (χ0n) is 19.2. The van der Waals surface area contributed by atoms with Gasteiger partial charge >= 0.3 is 0 Å². The molecule has 3 N–H and O–H groups in total. The Morgan fingerprint density at radius 2 is 2.03 bits per heavy atom. The van der Waals surface area contributed by atoms with Gasteiger partial charge in [0.15, 0.2) is 11.1 Å². The van der Waals surface area contributed by atoms with Crippen molar-refractivity contribution in [3.8, 4) is 28.0 Å². The first-order valence-electron chi connectivity index (χ1n) is 10.9. The fraction of sp³-hybridized carbons (Fsp3) is 0.500. The van der Waals surface area contributed by atoms with E-state index in [1.165, 1.54) is 22.7 Å². The maximum Gasteiger partial charge on any atom is 0.233 e. The molecule has 14 heteroatoms. The van der Waals surface area contributed by atoms with Crippen LogP contribution in [0.15, 0.2) is 21.8 Å². The minimum absolute atomic E-state index is 0.00854. The molecule has 0 saturated heterocycles. The number of aliphatic imine (C=N–C) groups is 1. The van der Waals surface area contributed by atoms with E-state index >= 15 is 0 Å². The number of aryl methyl sites for hydroxylation is 1. The maximum atomic E-state index is 11.9. The van der Waals surface area contributed by atoms with Gasteiger partial charge in [0.2, 0.25) is 15.9 Å². The van der Waals surface area contributed by atoms with E-state index < -0.39 is 10.0 Å². The summed E-state index contributed by atoms with van der Waals surface area (Å²) < 4.78 is 33.8. The Morgan fingerprint density at radius 1 is 1.24 bits per heavy atom. The van der Waals surface area contributed by atoms with Crippen LogP contribution in [0.3, 0.4) is 0 Å². The molecule has 0 aromatic carbocycles. The first-order chi connectivity index (χ1) is 16.3. The van der Waals surface area contributed by atoms with Gasteiger partial charge in [-0.15, -0.1) is 27.8 Å². The normalized spacial score (nSPS) is 14.2. The van der Waals surface area contributed by atoms with E-state index in [1.54, 1.807) is 18.5 Å². The SMILES string of the molecule is CC(C)NS(=O)(=O)CCCOc1cc(-c2nc(-c3csc(NC4=NCCCN4)n3)cs2)n(C)n1. The van der Waals surface area contributed by atoms with E-state index in [4.69, 9.17) is 9.72 Å². The van der Waals surface area contributed by atoms with Crippen molar-refractivity contribution in [2.75, 3.05) is 30.8 Å². The molecule has 4 rings (SSSR count). The van der Waals surface area contributed by atoms with Crippen molar-refractivity contribution >= 4 is 43.8 Å². The van der Waals surface area contributed by atoms with Crippen molar-refractivity contribution in [1.82, 2.24) is 29.8 Å². The van der Waals surface area contributed by atoms with E-state index in [1.807, 2.05) is 23.9 Å². The lowest BCUT2D eigenvalue weighted by molar-refractivity contribution is 0.302. The van der Waals surface area contributed by atoms with Crippen LogP contribution in [-0.2, 0) is 17.1 Å². The second-order valence-corrected chi connectivity index (χ2v) is 11.6. The first-order valence-corrected chi connectivity index (χ1v) is 14.3. The second-order valence-electron chi connectivity index (χ2n) is 8.00. The van der Waals surface area contributed by atoms with Crippen molar-refractivity contribution < 1.29 is 13.2 Å². The molecular formula is C20H28N8O3S3. The van der Waals surface area contributed by atoms with Gasteiger partial charge in [-0.3, -0.25) is 9.67 Å². The lowest BCUT2D eigenvalue weighted by Crippen LogP contribution is -2.35. The van der Waals surface area contributed by atoms with Crippen molar-refractivity contribution in [3.05, 3.63) is 16.8 Å². The highest BCUT2D eigenvalue weighted by Crippen LogP contribution is 2.31. The standard InChI is InChI=1S/C20H28N8O3S3/c1-13(2)27-34(29,30)9-5-8-31-17-10-16(28(3)26-17)18-23-14(11-32-18)15-12-33-20(24-15)25-19-21-6-4-7-22-19/h10-13,27H,4-9H2,1-3H3,(H2,21,22,24,25).